The summed E-state index contributed by atoms with van der Waals surface area (Å²) >= 11 is 0. The van der Waals surface area contributed by atoms with E-state index in [2.05, 4.69) is 15.4 Å². The molecule has 0 radical (unpaired) electrons. The molecule has 1 atom stereocenters. The lowest BCUT2D eigenvalue weighted by Crippen LogP contribution is -2.39. The van der Waals surface area contributed by atoms with E-state index in [1.165, 1.54) is 24.2 Å². The van der Waals surface area contributed by atoms with Crippen LogP contribution in [0.25, 0.3) is 22.0 Å². The van der Waals surface area contributed by atoms with Gasteiger partial charge < -0.3 is 24.4 Å². The smallest absolute Gasteiger partial charge is 0.410 e. The number of nitrogens with one attached hydrogen (secondary N) is 1. The summed E-state index contributed by atoms with van der Waals surface area (Å²) < 4.78 is 61.9. The zero-order valence-corrected chi connectivity index (χ0v) is 29.8. The highest BCUT2D eigenvalue weighted by atomic mass is 19.4. The van der Waals surface area contributed by atoms with Crippen molar-refractivity contribution in [3.05, 3.63) is 102 Å². The van der Waals surface area contributed by atoms with Crippen LogP contribution in [0.4, 0.5) is 18.0 Å². The number of carbonyl (C=O) groups excluding carboxylic acids is 2. The Bertz CT molecular complexity index is 1880. The second kappa shape index (κ2) is 16.9. The van der Waals surface area contributed by atoms with Crippen molar-refractivity contribution in [3.8, 4) is 5.88 Å². The van der Waals surface area contributed by atoms with E-state index in [9.17, 15) is 22.8 Å². The first kappa shape index (κ1) is 38.1. The van der Waals surface area contributed by atoms with Gasteiger partial charge in [-0.3, -0.25) is 4.79 Å². The highest BCUT2D eigenvalue weighted by molar-refractivity contribution is 6.00. The maximum atomic E-state index is 14.2. The SMILES string of the molecule is CNC(=O)/C=C/CN(CCOc1ccc(/C(=C(/CC(F)(F)F)c2ccccc2)c2ccc3c(cnn3C3CCCCO3)c2)cn1)C(=O)OC(C)(C)C. The fourth-order valence-electron chi connectivity index (χ4n) is 5.87. The van der Waals surface area contributed by atoms with Crippen molar-refractivity contribution in [2.24, 2.45) is 0 Å². The van der Waals surface area contributed by atoms with Crippen molar-refractivity contribution in [3.63, 3.8) is 0 Å². The zero-order valence-electron chi connectivity index (χ0n) is 29.8. The Labute approximate surface area is 301 Å². The first-order valence-corrected chi connectivity index (χ1v) is 17.2. The molecule has 276 valence electrons. The summed E-state index contributed by atoms with van der Waals surface area (Å²) in [6.07, 6.45) is 2.50. The highest BCUT2D eigenvalue weighted by Gasteiger charge is 2.32. The monoisotopic (exact) mass is 719 g/mol. The highest BCUT2D eigenvalue weighted by Crippen LogP contribution is 2.40. The van der Waals surface area contributed by atoms with Gasteiger partial charge in [0.2, 0.25) is 11.8 Å². The van der Waals surface area contributed by atoms with Gasteiger partial charge in [-0.2, -0.15) is 18.3 Å². The third-order valence-corrected chi connectivity index (χ3v) is 8.24. The maximum Gasteiger partial charge on any atom is 0.410 e. The molecule has 0 saturated carbocycles. The number of allylic oxidation sites excluding steroid dienone is 1. The van der Waals surface area contributed by atoms with E-state index >= 15 is 0 Å². The third-order valence-electron chi connectivity index (χ3n) is 8.24. The number of amides is 2. The predicted molar refractivity (Wildman–Crippen MR) is 192 cm³/mol. The predicted octanol–water partition coefficient (Wildman–Crippen LogP) is 7.96. The number of aromatic nitrogens is 3. The lowest BCUT2D eigenvalue weighted by atomic mass is 9.88. The topological polar surface area (TPSA) is 108 Å². The van der Waals surface area contributed by atoms with E-state index in [0.717, 1.165) is 30.2 Å². The molecule has 2 aromatic carbocycles. The number of likely N-dealkylation sites (N-methyl/N-ethyl adjacent to an activating group) is 1. The van der Waals surface area contributed by atoms with Gasteiger partial charge in [-0.05, 0) is 80.5 Å². The molecule has 4 aromatic rings. The Balaban J connectivity index is 1.45. The van der Waals surface area contributed by atoms with Crippen molar-refractivity contribution >= 4 is 34.0 Å². The van der Waals surface area contributed by atoms with E-state index in [0.29, 0.717) is 28.9 Å². The summed E-state index contributed by atoms with van der Waals surface area (Å²) in [5, 5.41) is 7.83. The number of hydrogen-bond donors (Lipinski definition) is 1. The van der Waals surface area contributed by atoms with Crippen molar-refractivity contribution in [1.29, 1.82) is 0 Å². The van der Waals surface area contributed by atoms with Crippen LogP contribution in [-0.4, -0.2) is 76.8 Å². The van der Waals surface area contributed by atoms with Crippen LogP contribution in [-0.2, 0) is 14.3 Å². The fourth-order valence-corrected chi connectivity index (χ4v) is 5.87. The molecule has 0 aliphatic carbocycles. The summed E-state index contributed by atoms with van der Waals surface area (Å²) in [7, 11) is 1.50. The van der Waals surface area contributed by atoms with Crippen LogP contribution < -0.4 is 10.1 Å². The van der Waals surface area contributed by atoms with Crippen LogP contribution in [0.1, 0.15) is 69.4 Å². The number of pyridine rings is 1. The molecule has 3 heterocycles. The number of fused-ring (bicyclic) bond motifs is 1. The molecule has 1 fully saturated rings. The van der Waals surface area contributed by atoms with Gasteiger partial charge in [0.05, 0.1) is 24.7 Å². The zero-order chi connectivity index (χ0) is 37.3. The summed E-state index contributed by atoms with van der Waals surface area (Å²) in [6.45, 7) is 6.17. The standard InChI is InChI=1S/C39H44F3N5O5/c1-38(2,3)52-37(49)46(19-10-13-33(48)43-4)20-22-50-34-18-16-29(25-44-34)36(31(24-39(40,41)42)27-11-6-5-7-12-27)28-15-17-32-30(23-28)26-45-47(32)35-14-8-9-21-51-35/h5-7,10-13,15-18,23,25-26,35H,8-9,14,19-22,24H2,1-4H3,(H,43,48)/b13-10+,36-31-. The van der Waals surface area contributed by atoms with Crippen molar-refractivity contribution in [2.45, 2.75) is 64.5 Å². The number of rotatable bonds is 12. The Morgan fingerprint density at radius 3 is 2.44 bits per heavy atom. The molecule has 1 aliphatic heterocycles. The molecule has 1 saturated heterocycles. The van der Waals surface area contributed by atoms with Crippen LogP contribution in [0.5, 0.6) is 5.88 Å². The Kier molecular flexibility index (Phi) is 12.4. The number of halogens is 3. The van der Waals surface area contributed by atoms with Crippen LogP contribution in [0, 0.1) is 0 Å². The number of benzene rings is 2. The third kappa shape index (κ3) is 10.4. The molecule has 0 bridgehead atoms. The molecular weight excluding hydrogens is 675 g/mol. The molecule has 2 aromatic heterocycles. The summed E-state index contributed by atoms with van der Waals surface area (Å²) in [4.78, 5) is 30.3. The van der Waals surface area contributed by atoms with Gasteiger partial charge in [-0.25, -0.2) is 14.5 Å². The lowest BCUT2D eigenvalue weighted by molar-refractivity contribution is -0.123. The van der Waals surface area contributed by atoms with Gasteiger partial charge in [0, 0.05) is 49.5 Å². The normalized spacial score (nSPS) is 15.7. The van der Waals surface area contributed by atoms with Crippen LogP contribution >= 0.6 is 0 Å². The number of hydrogen-bond acceptors (Lipinski definition) is 7. The molecule has 1 unspecified atom stereocenters. The Hall–Kier alpha value is -5.17. The first-order chi connectivity index (χ1) is 24.8. The summed E-state index contributed by atoms with van der Waals surface area (Å²) in [5.74, 6) is -0.0952. The first-order valence-electron chi connectivity index (χ1n) is 17.2. The second-order valence-corrected chi connectivity index (χ2v) is 13.4. The van der Waals surface area contributed by atoms with E-state index in [1.807, 2.05) is 22.9 Å². The average molecular weight is 720 g/mol. The minimum Gasteiger partial charge on any atom is -0.476 e. The minimum absolute atomic E-state index is 0.0385. The molecule has 10 nitrogen and oxygen atoms in total. The van der Waals surface area contributed by atoms with Crippen molar-refractivity contribution < 1.29 is 37.0 Å². The van der Waals surface area contributed by atoms with Crippen LogP contribution in [0.2, 0.25) is 0 Å². The Morgan fingerprint density at radius 2 is 1.79 bits per heavy atom. The number of nitrogens with zero attached hydrogens (tertiary/aromatic N) is 4. The van der Waals surface area contributed by atoms with Gasteiger partial charge in [0.15, 0.2) is 6.23 Å². The van der Waals surface area contributed by atoms with Gasteiger partial charge in [-0.15, -0.1) is 0 Å². The van der Waals surface area contributed by atoms with Crippen molar-refractivity contribution in [1.82, 2.24) is 25.0 Å². The average Bonchev–Trinajstić information content (AvgIpc) is 3.54. The van der Waals surface area contributed by atoms with Crippen molar-refractivity contribution in [2.75, 3.05) is 33.4 Å². The fraction of sp³-hybridized carbons (Fsp3) is 0.385. The molecule has 1 aliphatic rings. The van der Waals surface area contributed by atoms with Gasteiger partial charge in [0.25, 0.3) is 0 Å². The quantitative estimate of drug-likeness (QED) is 0.117. The second-order valence-electron chi connectivity index (χ2n) is 13.4. The minimum atomic E-state index is -4.49. The van der Waals surface area contributed by atoms with Gasteiger partial charge in [0.1, 0.15) is 12.2 Å². The molecule has 5 rings (SSSR count). The number of carbonyl (C=O) groups is 2. The lowest BCUT2D eigenvalue weighted by Gasteiger charge is -2.26. The van der Waals surface area contributed by atoms with E-state index in [-0.39, 0.29) is 43.3 Å². The molecule has 1 N–H and O–H groups in total. The molecule has 2 amide bonds. The molecule has 52 heavy (non-hydrogen) atoms. The van der Waals surface area contributed by atoms with Gasteiger partial charge >= 0.3 is 12.3 Å². The molecule has 0 spiro atoms. The Morgan fingerprint density at radius 1 is 1.02 bits per heavy atom. The molecule has 13 heteroatoms. The molecular formula is C39H44F3N5O5. The van der Waals surface area contributed by atoms with Crippen LogP contribution in [0.3, 0.4) is 0 Å². The number of alkyl halides is 3. The largest absolute Gasteiger partial charge is 0.476 e. The van der Waals surface area contributed by atoms with E-state index in [4.69, 9.17) is 14.2 Å². The van der Waals surface area contributed by atoms with Crippen LogP contribution in [0.15, 0.2) is 85.2 Å². The van der Waals surface area contributed by atoms with Gasteiger partial charge in [-0.1, -0.05) is 42.5 Å². The summed E-state index contributed by atoms with van der Waals surface area (Å²) in [6, 6.07) is 17.3. The summed E-state index contributed by atoms with van der Waals surface area (Å²) in [5.41, 5.74) is 2.06. The number of ether oxygens (including phenoxy) is 3. The van der Waals surface area contributed by atoms with E-state index < -0.39 is 24.3 Å². The van der Waals surface area contributed by atoms with E-state index in [1.54, 1.807) is 75.5 Å². The maximum absolute atomic E-state index is 14.2.